The maximum absolute atomic E-state index is 12.7. The molecule has 0 saturated carbocycles. The van der Waals surface area contributed by atoms with Gasteiger partial charge < -0.3 is 15.0 Å². The molecule has 0 bridgehead atoms. The highest BCUT2D eigenvalue weighted by Crippen LogP contribution is 2.28. The van der Waals surface area contributed by atoms with Crippen molar-refractivity contribution >= 4 is 11.6 Å². The molecule has 2 heterocycles. The molecule has 1 saturated heterocycles. The van der Waals surface area contributed by atoms with Crippen LogP contribution in [0.5, 0.6) is 5.75 Å². The molecule has 3 aromatic rings. The second-order valence-corrected chi connectivity index (χ2v) is 6.98. The monoisotopic (exact) mass is 376 g/mol. The number of anilines is 1. The van der Waals surface area contributed by atoms with E-state index in [-0.39, 0.29) is 11.9 Å². The van der Waals surface area contributed by atoms with Crippen LogP contribution in [-0.4, -0.2) is 35.4 Å². The maximum atomic E-state index is 12.7. The molecule has 4 rings (SSSR count). The summed E-state index contributed by atoms with van der Waals surface area (Å²) in [5.74, 6) is 0.913. The summed E-state index contributed by atoms with van der Waals surface area (Å²) in [5.41, 5.74) is 4.15. The molecule has 6 nitrogen and oxygen atoms in total. The number of carbonyl (C=O) groups is 1. The van der Waals surface area contributed by atoms with E-state index in [9.17, 15) is 4.79 Å². The third kappa shape index (κ3) is 3.64. The zero-order valence-electron chi connectivity index (χ0n) is 16.1. The number of aryl methyl sites for hydroxylation is 1. The molecule has 28 heavy (non-hydrogen) atoms. The van der Waals surface area contributed by atoms with E-state index in [1.807, 2.05) is 37.5 Å². The van der Waals surface area contributed by atoms with E-state index >= 15 is 0 Å². The van der Waals surface area contributed by atoms with Crippen LogP contribution in [0.2, 0.25) is 0 Å². The summed E-state index contributed by atoms with van der Waals surface area (Å²) in [6.45, 7) is 1.28. The third-order valence-electron chi connectivity index (χ3n) is 5.14. The first-order valence-electron chi connectivity index (χ1n) is 9.41. The van der Waals surface area contributed by atoms with Gasteiger partial charge in [0.15, 0.2) is 0 Å². The number of hydrogen-bond acceptors (Lipinski definition) is 4. The van der Waals surface area contributed by atoms with Crippen LogP contribution in [0.15, 0.2) is 60.9 Å². The summed E-state index contributed by atoms with van der Waals surface area (Å²) < 4.78 is 7.31. The third-order valence-corrected chi connectivity index (χ3v) is 5.14. The number of rotatable bonds is 6. The highest BCUT2D eigenvalue weighted by molar-refractivity contribution is 5.99. The number of aromatic nitrogens is 2. The van der Waals surface area contributed by atoms with Crippen LogP contribution in [0.3, 0.4) is 0 Å². The number of methoxy groups -OCH3 is 1. The highest BCUT2D eigenvalue weighted by atomic mass is 16.5. The van der Waals surface area contributed by atoms with Crippen molar-refractivity contribution in [3.05, 3.63) is 66.5 Å². The largest absolute Gasteiger partial charge is 0.496 e. The number of benzene rings is 2. The molecule has 0 radical (unpaired) electrons. The quantitative estimate of drug-likeness (QED) is 0.719. The zero-order valence-corrected chi connectivity index (χ0v) is 16.1. The van der Waals surface area contributed by atoms with Gasteiger partial charge in [-0.05, 0) is 23.6 Å². The van der Waals surface area contributed by atoms with Crippen LogP contribution in [0, 0.1) is 0 Å². The molecule has 1 amide bonds. The van der Waals surface area contributed by atoms with E-state index in [0.717, 1.165) is 34.5 Å². The SMILES string of the molecule is COc1cc(-c2ccccc2)ccc1CNC1CCN(c2cnn(C)c2)C1=O. The van der Waals surface area contributed by atoms with Crippen molar-refractivity contribution in [1.29, 1.82) is 0 Å². The number of hydrogen-bond donors (Lipinski definition) is 1. The van der Waals surface area contributed by atoms with Gasteiger partial charge in [-0.1, -0.05) is 42.5 Å². The van der Waals surface area contributed by atoms with Gasteiger partial charge in [-0.2, -0.15) is 5.10 Å². The first-order chi connectivity index (χ1) is 13.7. The zero-order chi connectivity index (χ0) is 19.5. The van der Waals surface area contributed by atoms with Gasteiger partial charge >= 0.3 is 0 Å². The van der Waals surface area contributed by atoms with Crippen LogP contribution in [-0.2, 0) is 18.4 Å². The molecular formula is C22H24N4O2. The fraction of sp³-hybridized carbons (Fsp3) is 0.273. The Morgan fingerprint density at radius 3 is 2.71 bits per heavy atom. The summed E-state index contributed by atoms with van der Waals surface area (Å²) >= 11 is 0. The fourth-order valence-electron chi connectivity index (χ4n) is 3.61. The maximum Gasteiger partial charge on any atom is 0.244 e. The van der Waals surface area contributed by atoms with Crippen molar-refractivity contribution in [2.75, 3.05) is 18.6 Å². The Balaban J connectivity index is 1.44. The molecule has 1 fully saturated rings. The Kier molecular flexibility index (Phi) is 5.12. The Hall–Kier alpha value is -3.12. The van der Waals surface area contributed by atoms with E-state index in [0.29, 0.717) is 13.1 Å². The van der Waals surface area contributed by atoms with Crippen LogP contribution < -0.4 is 15.0 Å². The van der Waals surface area contributed by atoms with E-state index < -0.39 is 0 Å². The lowest BCUT2D eigenvalue weighted by Gasteiger charge is -2.16. The molecule has 1 unspecified atom stereocenters. The molecule has 0 aliphatic carbocycles. The molecule has 1 aliphatic heterocycles. The van der Waals surface area contributed by atoms with Gasteiger partial charge in [-0.15, -0.1) is 0 Å². The van der Waals surface area contributed by atoms with Crippen LogP contribution in [0.1, 0.15) is 12.0 Å². The second kappa shape index (κ2) is 7.86. The second-order valence-electron chi connectivity index (χ2n) is 6.98. The molecule has 1 aromatic heterocycles. The number of ether oxygens (including phenoxy) is 1. The number of nitrogens with one attached hydrogen (secondary N) is 1. The summed E-state index contributed by atoms with van der Waals surface area (Å²) in [4.78, 5) is 14.5. The smallest absolute Gasteiger partial charge is 0.244 e. The molecule has 1 N–H and O–H groups in total. The van der Waals surface area contributed by atoms with Gasteiger partial charge in [0.05, 0.1) is 25.0 Å². The van der Waals surface area contributed by atoms with Gasteiger partial charge in [-0.3, -0.25) is 9.48 Å². The van der Waals surface area contributed by atoms with Crippen molar-refractivity contribution in [3.8, 4) is 16.9 Å². The summed E-state index contributed by atoms with van der Waals surface area (Å²) in [7, 11) is 3.53. The molecule has 2 aromatic carbocycles. The van der Waals surface area contributed by atoms with Crippen molar-refractivity contribution in [3.63, 3.8) is 0 Å². The summed E-state index contributed by atoms with van der Waals surface area (Å²) in [5, 5.41) is 7.55. The van der Waals surface area contributed by atoms with Crippen molar-refractivity contribution in [2.45, 2.75) is 19.0 Å². The predicted molar refractivity (Wildman–Crippen MR) is 109 cm³/mol. The minimum absolute atomic E-state index is 0.0906. The minimum Gasteiger partial charge on any atom is -0.496 e. The van der Waals surface area contributed by atoms with E-state index in [1.54, 1.807) is 22.9 Å². The Labute approximate surface area is 164 Å². The average molecular weight is 376 g/mol. The summed E-state index contributed by atoms with van der Waals surface area (Å²) in [6, 6.07) is 16.2. The molecule has 6 heteroatoms. The molecular weight excluding hydrogens is 352 g/mol. The van der Waals surface area contributed by atoms with E-state index in [4.69, 9.17) is 4.74 Å². The number of carbonyl (C=O) groups excluding carboxylic acids is 1. The van der Waals surface area contributed by atoms with Crippen LogP contribution in [0.25, 0.3) is 11.1 Å². The van der Waals surface area contributed by atoms with Gasteiger partial charge in [0.2, 0.25) is 5.91 Å². The lowest BCUT2D eigenvalue weighted by atomic mass is 10.0. The van der Waals surface area contributed by atoms with Gasteiger partial charge in [-0.25, -0.2) is 0 Å². The minimum atomic E-state index is -0.196. The summed E-state index contributed by atoms with van der Waals surface area (Å²) in [6.07, 6.45) is 4.37. The van der Waals surface area contributed by atoms with Gasteiger partial charge in [0, 0.05) is 31.9 Å². The van der Waals surface area contributed by atoms with E-state index in [2.05, 4.69) is 34.7 Å². The van der Waals surface area contributed by atoms with Gasteiger partial charge in [0.1, 0.15) is 5.75 Å². The van der Waals surface area contributed by atoms with Gasteiger partial charge in [0.25, 0.3) is 0 Å². The Bertz CT molecular complexity index is 968. The average Bonchev–Trinajstić information content (AvgIpc) is 3.32. The fourth-order valence-corrected chi connectivity index (χ4v) is 3.61. The van der Waals surface area contributed by atoms with Crippen molar-refractivity contribution < 1.29 is 9.53 Å². The first-order valence-corrected chi connectivity index (χ1v) is 9.41. The molecule has 1 atom stereocenters. The standard InChI is InChI=1S/C22H24N4O2/c1-25-15-19(14-24-25)26-11-10-20(22(26)27)23-13-18-9-8-17(12-21(18)28-2)16-6-4-3-5-7-16/h3-9,12,14-15,20,23H,10-11,13H2,1-2H3. The predicted octanol–water partition coefficient (Wildman–Crippen LogP) is 2.99. The highest BCUT2D eigenvalue weighted by Gasteiger charge is 2.32. The number of nitrogens with zero attached hydrogens (tertiary/aromatic N) is 3. The lowest BCUT2D eigenvalue weighted by Crippen LogP contribution is -2.37. The molecule has 144 valence electrons. The van der Waals surface area contributed by atoms with E-state index in [1.165, 1.54) is 0 Å². The molecule has 1 aliphatic rings. The van der Waals surface area contributed by atoms with Crippen molar-refractivity contribution in [2.24, 2.45) is 7.05 Å². The first kappa shape index (κ1) is 18.3. The van der Waals surface area contributed by atoms with Crippen molar-refractivity contribution in [1.82, 2.24) is 15.1 Å². The topological polar surface area (TPSA) is 59.4 Å². The Morgan fingerprint density at radius 2 is 2.00 bits per heavy atom. The van der Waals surface area contributed by atoms with Crippen LogP contribution >= 0.6 is 0 Å². The normalized spacial score (nSPS) is 16.6. The molecule has 0 spiro atoms. The lowest BCUT2D eigenvalue weighted by molar-refractivity contribution is -0.118. The van der Waals surface area contributed by atoms with Crippen LogP contribution in [0.4, 0.5) is 5.69 Å². The number of amides is 1. The Morgan fingerprint density at radius 1 is 1.18 bits per heavy atom.